The Morgan fingerprint density at radius 2 is 0.972 bits per heavy atom. The van der Waals surface area contributed by atoms with Crippen LogP contribution < -0.4 is 22.9 Å². The normalized spacial score (nSPS) is 12.4. The summed E-state index contributed by atoms with van der Waals surface area (Å²) in [5, 5.41) is 14.8. The number of esters is 2. The van der Waals surface area contributed by atoms with Gasteiger partial charge in [0.1, 0.15) is 23.8 Å². The highest BCUT2D eigenvalue weighted by atomic mass is 16.5. The highest BCUT2D eigenvalue weighted by Gasteiger charge is 2.17. The van der Waals surface area contributed by atoms with Crippen molar-refractivity contribution >= 4 is 23.6 Å². The molecular formula is C26H36N6O4. The van der Waals surface area contributed by atoms with Gasteiger partial charge in [-0.2, -0.15) is 0 Å². The molecule has 2 aromatic carbocycles. The number of nitrogen functional groups attached to an aromatic ring is 2. The highest BCUT2D eigenvalue weighted by Crippen LogP contribution is 2.09. The van der Waals surface area contributed by atoms with Crippen LogP contribution in [0.15, 0.2) is 48.5 Å². The lowest BCUT2D eigenvalue weighted by atomic mass is 10.0. The number of amidine groups is 2. The Hall–Kier alpha value is -3.76. The Morgan fingerprint density at radius 1 is 0.639 bits per heavy atom. The van der Waals surface area contributed by atoms with E-state index in [1.165, 1.54) is 0 Å². The number of hydrogen-bond acceptors (Lipinski definition) is 8. The Labute approximate surface area is 211 Å². The molecule has 0 aliphatic heterocycles. The molecule has 10 heteroatoms. The van der Waals surface area contributed by atoms with Crippen molar-refractivity contribution in [3.8, 4) is 0 Å². The summed E-state index contributed by atoms with van der Waals surface area (Å²) < 4.78 is 10.5. The first-order valence-corrected chi connectivity index (χ1v) is 11.9. The summed E-state index contributed by atoms with van der Waals surface area (Å²) in [4.78, 5) is 24.2. The fourth-order valence-corrected chi connectivity index (χ4v) is 3.43. The molecule has 2 aromatic rings. The highest BCUT2D eigenvalue weighted by molar-refractivity contribution is 5.95. The van der Waals surface area contributed by atoms with Crippen LogP contribution in [0, 0.1) is 10.8 Å². The molecule has 0 aliphatic carbocycles. The Morgan fingerprint density at radius 3 is 1.28 bits per heavy atom. The van der Waals surface area contributed by atoms with Crippen LogP contribution in [-0.2, 0) is 31.9 Å². The van der Waals surface area contributed by atoms with Gasteiger partial charge in [-0.25, -0.2) is 0 Å². The minimum Gasteiger partial charge on any atom is -0.465 e. The number of hydrogen-bond donors (Lipinski definition) is 6. The molecule has 0 radical (unpaired) electrons. The van der Waals surface area contributed by atoms with E-state index in [2.05, 4.69) is 0 Å². The van der Waals surface area contributed by atoms with E-state index in [1.54, 1.807) is 48.5 Å². The van der Waals surface area contributed by atoms with Crippen molar-refractivity contribution in [1.82, 2.24) is 0 Å². The molecule has 0 heterocycles. The van der Waals surface area contributed by atoms with Crippen LogP contribution in [0.1, 0.15) is 47.9 Å². The van der Waals surface area contributed by atoms with E-state index in [0.717, 1.165) is 24.0 Å². The fraction of sp³-hybridized carbons (Fsp3) is 0.385. The molecule has 0 saturated carbocycles. The number of rotatable bonds is 15. The molecule has 0 aliphatic rings. The molecule has 2 atom stereocenters. The summed E-state index contributed by atoms with van der Waals surface area (Å²) in [5.41, 5.74) is 25.7. The first kappa shape index (κ1) is 28.5. The van der Waals surface area contributed by atoms with E-state index in [-0.39, 0.29) is 24.9 Å². The van der Waals surface area contributed by atoms with Gasteiger partial charge in [-0.05, 0) is 49.7 Å². The average molecular weight is 497 g/mol. The molecule has 2 rings (SSSR count). The maximum absolute atomic E-state index is 12.1. The Bertz CT molecular complexity index is 940. The predicted molar refractivity (Wildman–Crippen MR) is 139 cm³/mol. The summed E-state index contributed by atoms with van der Waals surface area (Å²) in [6.07, 6.45) is 3.70. The van der Waals surface area contributed by atoms with Crippen LogP contribution in [0.2, 0.25) is 0 Å². The summed E-state index contributed by atoms with van der Waals surface area (Å²) >= 11 is 0. The Balaban J connectivity index is 1.53. The number of unbranched alkanes of at least 4 members (excludes halogenated alkanes) is 3. The molecule has 0 unspecified atom stereocenters. The van der Waals surface area contributed by atoms with E-state index < -0.39 is 24.0 Å². The quantitative estimate of drug-likeness (QED) is 0.0916. The largest absolute Gasteiger partial charge is 0.465 e. The van der Waals surface area contributed by atoms with Crippen LogP contribution in [0.5, 0.6) is 0 Å². The van der Waals surface area contributed by atoms with Crippen molar-refractivity contribution in [3.05, 3.63) is 70.8 Å². The molecule has 10 N–H and O–H groups in total. The number of benzene rings is 2. The van der Waals surface area contributed by atoms with E-state index in [4.69, 9.17) is 43.2 Å². The van der Waals surface area contributed by atoms with E-state index in [1.807, 2.05) is 0 Å². The van der Waals surface area contributed by atoms with Gasteiger partial charge < -0.3 is 32.4 Å². The number of nitrogens with one attached hydrogen (secondary N) is 2. The fourth-order valence-electron chi connectivity index (χ4n) is 3.43. The monoisotopic (exact) mass is 496 g/mol. The maximum Gasteiger partial charge on any atom is 0.323 e. The minimum absolute atomic E-state index is 0.0130. The van der Waals surface area contributed by atoms with Gasteiger partial charge in [0.2, 0.25) is 0 Å². The maximum atomic E-state index is 12.1. The van der Waals surface area contributed by atoms with Gasteiger partial charge in [-0.1, -0.05) is 48.5 Å². The van der Waals surface area contributed by atoms with Gasteiger partial charge in [0.15, 0.2) is 0 Å². The summed E-state index contributed by atoms with van der Waals surface area (Å²) in [6, 6.07) is 12.5. The zero-order chi connectivity index (χ0) is 26.5. The molecule has 194 valence electrons. The molecule has 10 nitrogen and oxygen atoms in total. The molecule has 0 fully saturated rings. The van der Waals surface area contributed by atoms with Gasteiger partial charge in [-0.15, -0.1) is 0 Å². The van der Waals surface area contributed by atoms with Crippen LogP contribution in [0.3, 0.4) is 0 Å². The Kier molecular flexibility index (Phi) is 11.5. The number of ether oxygens (including phenoxy) is 2. The van der Waals surface area contributed by atoms with Crippen molar-refractivity contribution in [2.75, 3.05) is 13.2 Å². The van der Waals surface area contributed by atoms with E-state index in [0.29, 0.717) is 36.8 Å². The molecule has 36 heavy (non-hydrogen) atoms. The van der Waals surface area contributed by atoms with Crippen LogP contribution >= 0.6 is 0 Å². The first-order chi connectivity index (χ1) is 17.2. The van der Waals surface area contributed by atoms with Crippen LogP contribution in [-0.4, -0.2) is 48.9 Å². The second-order valence-corrected chi connectivity index (χ2v) is 8.59. The van der Waals surface area contributed by atoms with Crippen LogP contribution in [0.25, 0.3) is 0 Å². The zero-order valence-corrected chi connectivity index (χ0v) is 20.4. The molecular weight excluding hydrogens is 460 g/mol. The standard InChI is InChI=1S/C26H36N6O4/c27-21(15-17-5-9-19(10-6-17)23(29)30)25(33)35-13-3-1-2-4-14-36-26(34)22(28)16-18-7-11-20(12-8-18)24(31)32/h5-12,21-22H,1-4,13-16,27-28H2,(H3,29,30)(H3,31,32)/t21-,22-/m0/s1. The summed E-state index contributed by atoms with van der Waals surface area (Å²) in [7, 11) is 0. The minimum atomic E-state index is -0.760. The van der Waals surface area contributed by atoms with Crippen molar-refractivity contribution in [3.63, 3.8) is 0 Å². The van der Waals surface area contributed by atoms with Crippen molar-refractivity contribution in [2.45, 2.75) is 50.6 Å². The lowest BCUT2D eigenvalue weighted by Gasteiger charge is -2.13. The zero-order valence-electron chi connectivity index (χ0n) is 20.4. The smallest absolute Gasteiger partial charge is 0.323 e. The molecule has 0 spiro atoms. The lowest BCUT2D eigenvalue weighted by molar-refractivity contribution is -0.146. The third-order valence-electron chi connectivity index (χ3n) is 5.57. The lowest BCUT2D eigenvalue weighted by Crippen LogP contribution is -2.34. The topological polar surface area (TPSA) is 204 Å². The van der Waals surface area contributed by atoms with Gasteiger partial charge in [0.05, 0.1) is 13.2 Å². The predicted octanol–water partition coefficient (Wildman–Crippen LogP) is 1.34. The number of carbonyl (C=O) groups excluding carboxylic acids is 2. The van der Waals surface area contributed by atoms with Crippen molar-refractivity contribution < 1.29 is 19.1 Å². The van der Waals surface area contributed by atoms with E-state index in [9.17, 15) is 9.59 Å². The molecule has 0 saturated heterocycles. The summed E-state index contributed by atoms with van der Waals surface area (Å²) in [6.45, 7) is 0.561. The molecule has 0 aromatic heterocycles. The summed E-state index contributed by atoms with van der Waals surface area (Å²) in [5.74, 6) is -0.934. The van der Waals surface area contributed by atoms with Crippen molar-refractivity contribution in [2.24, 2.45) is 22.9 Å². The second-order valence-electron chi connectivity index (χ2n) is 8.59. The van der Waals surface area contributed by atoms with Gasteiger partial charge in [0.25, 0.3) is 0 Å². The van der Waals surface area contributed by atoms with E-state index >= 15 is 0 Å². The molecule has 0 bridgehead atoms. The number of carbonyl (C=O) groups is 2. The second kappa shape index (κ2) is 14.6. The van der Waals surface area contributed by atoms with Crippen molar-refractivity contribution in [1.29, 1.82) is 10.8 Å². The van der Waals surface area contributed by atoms with Crippen LogP contribution in [0.4, 0.5) is 0 Å². The van der Waals surface area contributed by atoms with Gasteiger partial charge in [-0.3, -0.25) is 20.4 Å². The van der Waals surface area contributed by atoms with Gasteiger partial charge >= 0.3 is 11.9 Å². The number of nitrogens with two attached hydrogens (primary N) is 4. The third-order valence-corrected chi connectivity index (χ3v) is 5.57. The average Bonchev–Trinajstić information content (AvgIpc) is 2.85. The first-order valence-electron chi connectivity index (χ1n) is 11.9. The third kappa shape index (κ3) is 9.85. The molecule has 0 amide bonds. The van der Waals surface area contributed by atoms with Gasteiger partial charge in [0, 0.05) is 11.1 Å². The SMILES string of the molecule is N=C(N)c1ccc(C[C@H](N)C(=O)OCCCCCCOC(=O)[C@@H](N)Cc2ccc(C(=N)N)cc2)cc1.